The van der Waals surface area contributed by atoms with E-state index in [-0.39, 0.29) is 11.7 Å². The van der Waals surface area contributed by atoms with Crippen LogP contribution in [0.2, 0.25) is 0 Å². The molecule has 0 unspecified atom stereocenters. The molecule has 0 radical (unpaired) electrons. The van der Waals surface area contributed by atoms with Crippen molar-refractivity contribution in [2.75, 3.05) is 13.1 Å². The molecule has 0 bridgehead atoms. The molecule has 0 aromatic carbocycles. The molecule has 0 aromatic heterocycles. The van der Waals surface area contributed by atoms with Gasteiger partial charge in [0, 0.05) is 6.54 Å². The third-order valence-electron chi connectivity index (χ3n) is 2.33. The second-order valence-corrected chi connectivity index (χ2v) is 4.81. The average Bonchev–Trinajstić information content (AvgIpc) is 2.17. The maximum Gasteiger partial charge on any atom is 0.140 e. The Hall–Kier alpha value is -0.700. The topological polar surface area (TPSA) is 38.4 Å². The van der Waals surface area contributed by atoms with Crippen molar-refractivity contribution in [1.29, 1.82) is 0 Å². The van der Waals surface area contributed by atoms with Gasteiger partial charge in [-0.05, 0) is 36.8 Å². The van der Waals surface area contributed by atoms with Crippen molar-refractivity contribution in [2.45, 2.75) is 40.5 Å². The summed E-state index contributed by atoms with van der Waals surface area (Å²) >= 11 is 0. The number of nitrogens with zero attached hydrogens (tertiary/aromatic N) is 1. The Morgan fingerprint density at radius 1 is 1.31 bits per heavy atom. The summed E-state index contributed by atoms with van der Waals surface area (Å²) in [5, 5.41) is 0. The lowest BCUT2D eigenvalue weighted by Gasteiger charge is -2.11. The summed E-state index contributed by atoms with van der Waals surface area (Å²) in [7, 11) is 0. The fourth-order valence-corrected chi connectivity index (χ4v) is 1.40. The monoisotopic (exact) mass is 228 g/mol. The molecule has 2 nitrogen and oxygen atoms in total. The molecule has 0 fully saturated rings. The minimum atomic E-state index is -0.177. The smallest absolute Gasteiger partial charge is 0.140 e. The van der Waals surface area contributed by atoms with E-state index in [1.54, 1.807) is 0 Å². The van der Waals surface area contributed by atoms with Crippen LogP contribution in [0.15, 0.2) is 16.4 Å². The Kier molecular flexibility index (Phi) is 8.08. The predicted octanol–water partition coefficient (Wildman–Crippen LogP) is 3.33. The zero-order chi connectivity index (χ0) is 12.6. The van der Waals surface area contributed by atoms with E-state index < -0.39 is 0 Å². The van der Waals surface area contributed by atoms with Gasteiger partial charge in [0.25, 0.3) is 0 Å². The Morgan fingerprint density at radius 2 is 1.94 bits per heavy atom. The number of halogens is 1. The highest BCUT2D eigenvalue weighted by atomic mass is 19.1. The normalized spacial score (nSPS) is 14.0. The van der Waals surface area contributed by atoms with Crippen molar-refractivity contribution in [3.8, 4) is 0 Å². The summed E-state index contributed by atoms with van der Waals surface area (Å²) in [5.41, 5.74) is 6.27. The van der Waals surface area contributed by atoms with Crippen LogP contribution >= 0.6 is 0 Å². The number of allylic oxidation sites excluding steroid dienone is 2. The second-order valence-electron chi connectivity index (χ2n) is 4.81. The first-order valence-corrected chi connectivity index (χ1v) is 6.07. The molecule has 0 rings (SSSR count). The molecule has 0 amide bonds. The standard InChI is InChI=1S/C13H25FN2/c1-10(2)8-16-9-13(14)12(11(3)4)6-5-7-15/h9-11H,5-8,15H2,1-4H3/b13-12-,16-9-. The average molecular weight is 228 g/mol. The van der Waals surface area contributed by atoms with Crippen LogP contribution in [0, 0.1) is 11.8 Å². The summed E-state index contributed by atoms with van der Waals surface area (Å²) in [6.45, 7) is 9.42. The van der Waals surface area contributed by atoms with Gasteiger partial charge in [-0.15, -0.1) is 0 Å². The Balaban J connectivity index is 4.50. The first-order valence-electron chi connectivity index (χ1n) is 6.07. The molecule has 3 heteroatoms. The molecule has 0 aliphatic heterocycles. The minimum Gasteiger partial charge on any atom is -0.330 e. The van der Waals surface area contributed by atoms with Gasteiger partial charge in [-0.2, -0.15) is 0 Å². The summed E-state index contributed by atoms with van der Waals surface area (Å²) in [6.07, 6.45) is 2.93. The molecule has 0 heterocycles. The van der Waals surface area contributed by atoms with Gasteiger partial charge in [0.05, 0.1) is 6.21 Å². The van der Waals surface area contributed by atoms with Crippen LogP contribution in [0.5, 0.6) is 0 Å². The van der Waals surface area contributed by atoms with Crippen LogP contribution in [0.4, 0.5) is 4.39 Å². The van der Waals surface area contributed by atoms with E-state index >= 15 is 0 Å². The van der Waals surface area contributed by atoms with Gasteiger partial charge in [-0.25, -0.2) is 4.39 Å². The van der Waals surface area contributed by atoms with Gasteiger partial charge >= 0.3 is 0 Å². The Morgan fingerprint density at radius 3 is 2.38 bits per heavy atom. The first kappa shape index (κ1) is 15.3. The summed E-state index contributed by atoms with van der Waals surface area (Å²) in [6, 6.07) is 0. The van der Waals surface area contributed by atoms with Crippen molar-refractivity contribution in [2.24, 2.45) is 22.6 Å². The SMILES string of the molecule is CC(C)C/N=C\C(F)=C(/CCCN)C(C)C. The van der Waals surface area contributed by atoms with Crippen molar-refractivity contribution in [3.05, 3.63) is 11.4 Å². The summed E-state index contributed by atoms with van der Waals surface area (Å²) < 4.78 is 13.8. The van der Waals surface area contributed by atoms with Crippen molar-refractivity contribution >= 4 is 6.21 Å². The highest BCUT2D eigenvalue weighted by molar-refractivity contribution is 5.76. The molecular weight excluding hydrogens is 203 g/mol. The molecule has 0 aliphatic carbocycles. The Bertz CT molecular complexity index is 242. The van der Waals surface area contributed by atoms with E-state index in [1.165, 1.54) is 6.21 Å². The quantitative estimate of drug-likeness (QED) is 0.667. The molecule has 0 saturated heterocycles. The lowest BCUT2D eigenvalue weighted by molar-refractivity contribution is 0.600. The van der Waals surface area contributed by atoms with Crippen molar-refractivity contribution in [1.82, 2.24) is 0 Å². The molecule has 94 valence electrons. The third kappa shape index (κ3) is 6.72. The lowest BCUT2D eigenvalue weighted by Crippen LogP contribution is -2.04. The maximum absolute atomic E-state index is 13.8. The van der Waals surface area contributed by atoms with Crippen LogP contribution in [0.1, 0.15) is 40.5 Å². The summed E-state index contributed by atoms with van der Waals surface area (Å²) in [4.78, 5) is 4.09. The molecule has 0 atom stereocenters. The van der Waals surface area contributed by atoms with Crippen LogP contribution in [0.3, 0.4) is 0 Å². The van der Waals surface area contributed by atoms with Crippen LogP contribution in [-0.4, -0.2) is 19.3 Å². The molecular formula is C13H25FN2. The van der Waals surface area contributed by atoms with Crippen molar-refractivity contribution < 1.29 is 4.39 Å². The number of hydrogen-bond acceptors (Lipinski definition) is 2. The molecule has 0 spiro atoms. The maximum atomic E-state index is 13.8. The van der Waals surface area contributed by atoms with Gasteiger partial charge in [0.15, 0.2) is 0 Å². The highest BCUT2D eigenvalue weighted by Gasteiger charge is 2.08. The van der Waals surface area contributed by atoms with Gasteiger partial charge in [0.2, 0.25) is 0 Å². The van der Waals surface area contributed by atoms with Gasteiger partial charge < -0.3 is 5.73 Å². The van der Waals surface area contributed by atoms with Crippen LogP contribution < -0.4 is 5.73 Å². The number of hydrogen-bond donors (Lipinski definition) is 1. The van der Waals surface area contributed by atoms with E-state index in [2.05, 4.69) is 18.8 Å². The number of rotatable bonds is 7. The second kappa shape index (κ2) is 8.45. The largest absolute Gasteiger partial charge is 0.330 e. The predicted molar refractivity (Wildman–Crippen MR) is 69.5 cm³/mol. The van der Waals surface area contributed by atoms with Crippen LogP contribution in [-0.2, 0) is 0 Å². The minimum absolute atomic E-state index is 0.177. The molecule has 0 aromatic rings. The summed E-state index contributed by atoms with van der Waals surface area (Å²) in [5.74, 6) is 0.511. The zero-order valence-corrected chi connectivity index (χ0v) is 11.0. The Labute approximate surface area is 98.8 Å². The molecule has 0 saturated carbocycles. The van der Waals surface area contributed by atoms with Gasteiger partial charge in [-0.3, -0.25) is 4.99 Å². The molecule has 2 N–H and O–H groups in total. The fraction of sp³-hybridized carbons (Fsp3) is 0.769. The highest BCUT2D eigenvalue weighted by Crippen LogP contribution is 2.20. The molecule has 16 heavy (non-hydrogen) atoms. The van der Waals surface area contributed by atoms with E-state index in [1.807, 2.05) is 13.8 Å². The van der Waals surface area contributed by atoms with Gasteiger partial charge in [0.1, 0.15) is 5.83 Å². The van der Waals surface area contributed by atoms with Gasteiger partial charge in [-0.1, -0.05) is 27.7 Å². The molecule has 0 aliphatic rings. The van der Waals surface area contributed by atoms with E-state index in [4.69, 9.17) is 5.73 Å². The van der Waals surface area contributed by atoms with E-state index in [0.717, 1.165) is 18.4 Å². The fourth-order valence-electron chi connectivity index (χ4n) is 1.40. The first-order chi connectivity index (χ1) is 7.49. The lowest BCUT2D eigenvalue weighted by atomic mass is 9.97. The van der Waals surface area contributed by atoms with Crippen LogP contribution in [0.25, 0.3) is 0 Å². The van der Waals surface area contributed by atoms with E-state index in [0.29, 0.717) is 19.0 Å². The third-order valence-corrected chi connectivity index (χ3v) is 2.33. The zero-order valence-electron chi connectivity index (χ0n) is 11.0. The van der Waals surface area contributed by atoms with Crippen molar-refractivity contribution in [3.63, 3.8) is 0 Å². The number of nitrogens with two attached hydrogens (primary N) is 1. The number of aliphatic imine (C=N–C) groups is 1. The van der Waals surface area contributed by atoms with E-state index in [9.17, 15) is 4.39 Å².